The van der Waals surface area contributed by atoms with E-state index in [-0.39, 0.29) is 0 Å². The van der Waals surface area contributed by atoms with E-state index in [1.54, 1.807) is 0 Å². The molecule has 4 rings (SSSR count). The molecule has 34 heavy (non-hydrogen) atoms. The van der Waals surface area contributed by atoms with E-state index in [9.17, 15) is 5.11 Å². The van der Waals surface area contributed by atoms with E-state index < -0.39 is 5.60 Å². The molecule has 0 spiro atoms. The van der Waals surface area contributed by atoms with Crippen molar-refractivity contribution in [2.45, 2.75) is 38.3 Å². The molecule has 0 bridgehead atoms. The third-order valence-corrected chi connectivity index (χ3v) is 6.86. The molecule has 0 atom stereocenters. The van der Waals surface area contributed by atoms with Crippen LogP contribution in [0.15, 0.2) is 67.4 Å². The first-order chi connectivity index (χ1) is 16.3. The SMILES string of the molecule is C=CCN1CC=CN1c1cc(C(C)(C)O)ccc1Nc1ccc(N2CCC(N(C)C)CC2)cc1. The smallest absolute Gasteiger partial charge is 0.0841 e. The average Bonchev–Trinajstić information content (AvgIpc) is 3.27. The van der Waals surface area contributed by atoms with E-state index in [0.717, 1.165) is 48.8 Å². The number of piperidine rings is 1. The maximum Gasteiger partial charge on any atom is 0.0841 e. The van der Waals surface area contributed by atoms with Gasteiger partial charge in [-0.2, -0.15) is 0 Å². The lowest BCUT2D eigenvalue weighted by molar-refractivity contribution is 0.0786. The minimum atomic E-state index is -0.915. The van der Waals surface area contributed by atoms with Crippen LogP contribution in [0.2, 0.25) is 0 Å². The predicted molar refractivity (Wildman–Crippen MR) is 144 cm³/mol. The highest BCUT2D eigenvalue weighted by atomic mass is 16.3. The number of hydrogen-bond acceptors (Lipinski definition) is 6. The zero-order valence-corrected chi connectivity index (χ0v) is 21.0. The highest BCUT2D eigenvalue weighted by Crippen LogP contribution is 2.36. The zero-order valence-electron chi connectivity index (χ0n) is 21.0. The maximum atomic E-state index is 10.6. The molecule has 182 valence electrons. The van der Waals surface area contributed by atoms with Crippen LogP contribution in [0, 0.1) is 0 Å². The molecular formula is C28H39N5O. The molecule has 0 amide bonds. The highest BCUT2D eigenvalue weighted by molar-refractivity contribution is 5.77. The first kappa shape index (κ1) is 24.3. The molecule has 1 fully saturated rings. The van der Waals surface area contributed by atoms with Gasteiger partial charge in [0.15, 0.2) is 0 Å². The Morgan fingerprint density at radius 3 is 2.44 bits per heavy atom. The molecule has 0 aromatic heterocycles. The fourth-order valence-electron chi connectivity index (χ4n) is 4.75. The second kappa shape index (κ2) is 10.2. The van der Waals surface area contributed by atoms with Crippen molar-refractivity contribution in [2.24, 2.45) is 0 Å². The number of benzene rings is 2. The van der Waals surface area contributed by atoms with Gasteiger partial charge >= 0.3 is 0 Å². The number of hydrogen-bond donors (Lipinski definition) is 2. The van der Waals surface area contributed by atoms with Crippen molar-refractivity contribution in [3.8, 4) is 0 Å². The molecule has 2 aliphatic rings. The molecule has 1 saturated heterocycles. The number of hydrazine groups is 1. The van der Waals surface area contributed by atoms with Gasteiger partial charge in [-0.05, 0) is 82.7 Å². The van der Waals surface area contributed by atoms with Gasteiger partial charge in [-0.3, -0.25) is 5.01 Å². The monoisotopic (exact) mass is 461 g/mol. The second-order valence-electron chi connectivity index (χ2n) is 10.0. The molecular weight excluding hydrogens is 422 g/mol. The van der Waals surface area contributed by atoms with Crippen LogP contribution in [0.1, 0.15) is 32.3 Å². The largest absolute Gasteiger partial charge is 0.386 e. The van der Waals surface area contributed by atoms with Crippen molar-refractivity contribution >= 4 is 22.7 Å². The molecule has 2 aromatic rings. The number of nitrogens with one attached hydrogen (secondary N) is 1. The normalized spacial score (nSPS) is 17.6. The van der Waals surface area contributed by atoms with Crippen LogP contribution in [0.25, 0.3) is 0 Å². The third-order valence-electron chi connectivity index (χ3n) is 6.86. The molecule has 2 aliphatic heterocycles. The van der Waals surface area contributed by atoms with Crippen LogP contribution in [0.3, 0.4) is 0 Å². The molecule has 0 radical (unpaired) electrons. The van der Waals surface area contributed by atoms with Crippen LogP contribution >= 0.6 is 0 Å². The summed E-state index contributed by atoms with van der Waals surface area (Å²) in [5.74, 6) is 0. The Morgan fingerprint density at radius 1 is 1.12 bits per heavy atom. The van der Waals surface area contributed by atoms with Crippen molar-refractivity contribution < 1.29 is 5.11 Å². The van der Waals surface area contributed by atoms with E-state index in [0.29, 0.717) is 6.04 Å². The molecule has 0 saturated carbocycles. The van der Waals surface area contributed by atoms with Crippen LogP contribution in [0.5, 0.6) is 0 Å². The van der Waals surface area contributed by atoms with Crippen LogP contribution in [-0.2, 0) is 5.60 Å². The topological polar surface area (TPSA) is 45.2 Å². The Bertz CT molecular complexity index is 1000. The van der Waals surface area contributed by atoms with Gasteiger partial charge in [0.2, 0.25) is 0 Å². The Kier molecular flexibility index (Phi) is 7.31. The van der Waals surface area contributed by atoms with Crippen molar-refractivity contribution in [3.63, 3.8) is 0 Å². The van der Waals surface area contributed by atoms with Gasteiger partial charge in [-0.1, -0.05) is 18.2 Å². The van der Waals surface area contributed by atoms with Gasteiger partial charge in [-0.25, -0.2) is 5.01 Å². The van der Waals surface area contributed by atoms with Crippen molar-refractivity contribution in [2.75, 3.05) is 55.5 Å². The molecule has 2 N–H and O–H groups in total. The molecule has 0 aliphatic carbocycles. The predicted octanol–water partition coefficient (Wildman–Crippen LogP) is 4.92. The van der Waals surface area contributed by atoms with E-state index in [1.807, 2.05) is 26.0 Å². The summed E-state index contributed by atoms with van der Waals surface area (Å²) in [5.41, 5.74) is 4.28. The minimum absolute atomic E-state index is 0.683. The number of anilines is 4. The van der Waals surface area contributed by atoms with Crippen molar-refractivity contribution in [1.82, 2.24) is 9.91 Å². The third kappa shape index (κ3) is 5.46. The number of nitrogens with zero attached hydrogens (tertiary/aromatic N) is 4. The summed E-state index contributed by atoms with van der Waals surface area (Å²) in [6.07, 6.45) is 8.53. The summed E-state index contributed by atoms with van der Waals surface area (Å²) in [7, 11) is 4.36. The van der Waals surface area contributed by atoms with Crippen LogP contribution in [0.4, 0.5) is 22.7 Å². The zero-order chi connectivity index (χ0) is 24.3. The summed E-state index contributed by atoms with van der Waals surface area (Å²) in [6, 6.07) is 15.5. The van der Waals surface area contributed by atoms with E-state index in [1.165, 1.54) is 18.5 Å². The summed E-state index contributed by atoms with van der Waals surface area (Å²) in [6.45, 7) is 11.3. The van der Waals surface area contributed by atoms with Gasteiger partial charge in [0.1, 0.15) is 0 Å². The molecule has 0 unspecified atom stereocenters. The van der Waals surface area contributed by atoms with Crippen LogP contribution in [-0.4, -0.2) is 61.3 Å². The molecule has 2 aromatic carbocycles. The standard InChI is InChI=1S/C28H39N5O/c1-6-16-32-17-7-18-33(32)27-21-22(28(2,3)34)8-13-26(27)29-23-9-11-25(12-10-23)31-19-14-24(15-20-31)30(4)5/h6-13,18,21,24,29,34H,1,14-17,19-20H2,2-5H3. The van der Waals surface area contributed by atoms with E-state index >= 15 is 0 Å². The van der Waals surface area contributed by atoms with Gasteiger partial charge in [0, 0.05) is 49.8 Å². The van der Waals surface area contributed by atoms with Gasteiger partial charge < -0.3 is 20.2 Å². The fourth-order valence-corrected chi connectivity index (χ4v) is 4.75. The van der Waals surface area contributed by atoms with E-state index in [2.05, 4.69) is 94.5 Å². The summed E-state index contributed by atoms with van der Waals surface area (Å²) >= 11 is 0. The molecule has 6 heteroatoms. The average molecular weight is 462 g/mol. The van der Waals surface area contributed by atoms with Crippen molar-refractivity contribution in [1.29, 1.82) is 0 Å². The maximum absolute atomic E-state index is 10.6. The number of aliphatic hydroxyl groups is 1. The summed E-state index contributed by atoms with van der Waals surface area (Å²) in [5, 5.41) is 18.6. The lowest BCUT2D eigenvalue weighted by Gasteiger charge is -2.36. The van der Waals surface area contributed by atoms with E-state index in [4.69, 9.17) is 0 Å². The van der Waals surface area contributed by atoms with Crippen molar-refractivity contribution in [3.05, 3.63) is 73.0 Å². The Morgan fingerprint density at radius 2 is 1.82 bits per heavy atom. The van der Waals surface area contributed by atoms with Gasteiger partial charge in [-0.15, -0.1) is 6.58 Å². The fraction of sp³-hybridized carbons (Fsp3) is 0.429. The van der Waals surface area contributed by atoms with Gasteiger partial charge in [0.25, 0.3) is 0 Å². The van der Waals surface area contributed by atoms with Crippen LogP contribution < -0.4 is 15.2 Å². The Hall–Kier alpha value is -2.80. The summed E-state index contributed by atoms with van der Waals surface area (Å²) in [4.78, 5) is 4.83. The quantitative estimate of drug-likeness (QED) is 0.544. The highest BCUT2D eigenvalue weighted by Gasteiger charge is 2.24. The molecule has 6 nitrogen and oxygen atoms in total. The molecule has 2 heterocycles. The lowest BCUT2D eigenvalue weighted by Crippen LogP contribution is -2.41. The second-order valence-corrected chi connectivity index (χ2v) is 10.0. The van der Waals surface area contributed by atoms with Gasteiger partial charge in [0.05, 0.1) is 17.0 Å². The summed E-state index contributed by atoms with van der Waals surface area (Å²) < 4.78 is 0. The first-order valence-corrected chi connectivity index (χ1v) is 12.2. The first-order valence-electron chi connectivity index (χ1n) is 12.2. The lowest BCUT2D eigenvalue weighted by atomic mass is 9.97. The Balaban J connectivity index is 1.54. The minimum Gasteiger partial charge on any atom is -0.386 e. The number of rotatable bonds is 8. The Labute approximate surface area is 204 Å².